The van der Waals surface area contributed by atoms with Crippen LogP contribution in [0.25, 0.3) is 0 Å². The lowest BCUT2D eigenvalue weighted by Gasteiger charge is -2.08. The van der Waals surface area contributed by atoms with Gasteiger partial charge in [0.05, 0.1) is 0 Å². The summed E-state index contributed by atoms with van der Waals surface area (Å²) in [5.74, 6) is 0.694. The van der Waals surface area contributed by atoms with E-state index in [4.69, 9.17) is 0 Å². The highest BCUT2D eigenvalue weighted by Gasteiger charge is 2.06. The Labute approximate surface area is 118 Å². The van der Waals surface area contributed by atoms with Gasteiger partial charge in [0.25, 0.3) is 0 Å². The Bertz CT molecular complexity index is 582. The maximum Gasteiger partial charge on any atom is 0.223 e. The molecule has 0 atom stereocenters. The van der Waals surface area contributed by atoms with Crippen molar-refractivity contribution in [2.75, 3.05) is 11.9 Å². The van der Waals surface area contributed by atoms with Gasteiger partial charge in [0.2, 0.25) is 5.95 Å². The summed E-state index contributed by atoms with van der Waals surface area (Å²) in [5, 5.41) is 4.15. The topological polar surface area (TPSA) is 37.8 Å². The molecule has 0 aliphatic heterocycles. The first-order valence-corrected chi connectivity index (χ1v) is 7.24. The van der Waals surface area contributed by atoms with Gasteiger partial charge in [-0.3, -0.25) is 0 Å². The maximum absolute atomic E-state index is 4.55. The Hall–Kier alpha value is -1.55. The summed E-state index contributed by atoms with van der Waals surface area (Å²) in [7, 11) is 0. The van der Waals surface area contributed by atoms with Crippen LogP contribution in [0.2, 0.25) is 0 Å². The molecule has 1 heterocycles. The Morgan fingerprint density at radius 1 is 1.11 bits per heavy atom. The summed E-state index contributed by atoms with van der Waals surface area (Å²) in [6.07, 6.45) is 1.87. The largest absolute Gasteiger partial charge is 0.354 e. The van der Waals surface area contributed by atoms with E-state index in [-0.39, 0.29) is 0 Å². The van der Waals surface area contributed by atoms with Crippen LogP contribution in [0.3, 0.4) is 0 Å². The Kier molecular flexibility index (Phi) is 4.43. The molecule has 0 amide bonds. The van der Waals surface area contributed by atoms with Gasteiger partial charge in [0.1, 0.15) is 5.03 Å². The third-order valence-electron chi connectivity index (χ3n) is 2.95. The van der Waals surface area contributed by atoms with Gasteiger partial charge in [-0.2, -0.15) is 0 Å². The summed E-state index contributed by atoms with van der Waals surface area (Å²) in [6.45, 7) is 9.18. The van der Waals surface area contributed by atoms with E-state index in [1.807, 2.05) is 20.0 Å². The van der Waals surface area contributed by atoms with E-state index < -0.39 is 0 Å². The summed E-state index contributed by atoms with van der Waals surface area (Å²) in [4.78, 5) is 10.0. The molecule has 0 saturated heterocycles. The van der Waals surface area contributed by atoms with Crippen LogP contribution in [0.5, 0.6) is 0 Å². The Morgan fingerprint density at radius 2 is 1.89 bits per heavy atom. The molecule has 100 valence electrons. The molecule has 0 fully saturated rings. The van der Waals surface area contributed by atoms with Crippen LogP contribution in [0.1, 0.15) is 23.6 Å². The van der Waals surface area contributed by atoms with E-state index in [9.17, 15) is 0 Å². The molecule has 19 heavy (non-hydrogen) atoms. The quantitative estimate of drug-likeness (QED) is 0.855. The number of aromatic nitrogens is 2. The van der Waals surface area contributed by atoms with Gasteiger partial charge in [-0.05, 0) is 51.0 Å². The van der Waals surface area contributed by atoms with E-state index in [1.165, 1.54) is 16.0 Å². The molecule has 4 heteroatoms. The molecule has 3 nitrogen and oxygen atoms in total. The number of nitrogens with zero attached hydrogens (tertiary/aromatic N) is 2. The van der Waals surface area contributed by atoms with Crippen LogP contribution < -0.4 is 5.32 Å². The first-order chi connectivity index (χ1) is 9.10. The average molecular weight is 273 g/mol. The van der Waals surface area contributed by atoms with Crippen LogP contribution in [0.4, 0.5) is 5.95 Å². The van der Waals surface area contributed by atoms with Crippen molar-refractivity contribution in [2.24, 2.45) is 0 Å². The summed E-state index contributed by atoms with van der Waals surface area (Å²) < 4.78 is 0. The lowest BCUT2D eigenvalue weighted by atomic mass is 10.1. The molecule has 1 aromatic carbocycles. The van der Waals surface area contributed by atoms with Gasteiger partial charge in [0, 0.05) is 23.2 Å². The highest BCUT2D eigenvalue weighted by molar-refractivity contribution is 7.99. The van der Waals surface area contributed by atoms with Crippen LogP contribution in [-0.4, -0.2) is 16.5 Å². The minimum atomic E-state index is 0.694. The van der Waals surface area contributed by atoms with Crippen molar-refractivity contribution in [2.45, 2.75) is 37.6 Å². The highest BCUT2D eigenvalue weighted by atomic mass is 32.2. The van der Waals surface area contributed by atoms with E-state index in [0.717, 1.165) is 17.1 Å². The number of anilines is 1. The van der Waals surface area contributed by atoms with Gasteiger partial charge in [0.15, 0.2) is 0 Å². The highest BCUT2D eigenvalue weighted by Crippen LogP contribution is 2.30. The fraction of sp³-hybridized carbons (Fsp3) is 0.333. The maximum atomic E-state index is 4.55. The molecule has 2 rings (SSSR count). The van der Waals surface area contributed by atoms with Crippen LogP contribution in [0.15, 0.2) is 34.3 Å². The fourth-order valence-electron chi connectivity index (χ4n) is 1.66. The first-order valence-electron chi connectivity index (χ1n) is 6.42. The molecule has 0 aliphatic carbocycles. The average Bonchev–Trinajstić information content (AvgIpc) is 2.38. The van der Waals surface area contributed by atoms with Crippen LogP contribution in [0, 0.1) is 20.8 Å². The molecule has 2 aromatic rings. The molecule has 0 bridgehead atoms. The molecular weight excluding hydrogens is 254 g/mol. The van der Waals surface area contributed by atoms with Gasteiger partial charge < -0.3 is 5.32 Å². The minimum Gasteiger partial charge on any atom is -0.354 e. The lowest BCUT2D eigenvalue weighted by Crippen LogP contribution is -2.03. The van der Waals surface area contributed by atoms with E-state index in [2.05, 4.69) is 47.3 Å². The zero-order valence-electron chi connectivity index (χ0n) is 11.8. The van der Waals surface area contributed by atoms with Crippen molar-refractivity contribution < 1.29 is 0 Å². The molecule has 1 N–H and O–H groups in total. The minimum absolute atomic E-state index is 0.694. The second kappa shape index (κ2) is 6.06. The molecule has 0 aliphatic rings. The van der Waals surface area contributed by atoms with Gasteiger partial charge >= 0.3 is 0 Å². The van der Waals surface area contributed by atoms with Crippen molar-refractivity contribution in [1.82, 2.24) is 9.97 Å². The lowest BCUT2D eigenvalue weighted by molar-refractivity contribution is 0.983. The number of hydrogen-bond donors (Lipinski definition) is 1. The predicted molar refractivity (Wildman–Crippen MR) is 81.0 cm³/mol. The Balaban J connectivity index is 2.26. The number of nitrogens with one attached hydrogen (secondary N) is 1. The third-order valence-corrected chi connectivity index (χ3v) is 4.05. The zero-order chi connectivity index (χ0) is 13.8. The van der Waals surface area contributed by atoms with Gasteiger partial charge in [-0.15, -0.1) is 0 Å². The third kappa shape index (κ3) is 3.47. The smallest absolute Gasteiger partial charge is 0.223 e. The molecule has 0 saturated carbocycles. The van der Waals surface area contributed by atoms with Crippen LogP contribution in [-0.2, 0) is 0 Å². The summed E-state index contributed by atoms with van der Waals surface area (Å²) in [5.41, 5.74) is 3.73. The van der Waals surface area contributed by atoms with E-state index in [0.29, 0.717) is 5.95 Å². The summed E-state index contributed by atoms with van der Waals surface area (Å²) >= 11 is 1.69. The second-order valence-electron chi connectivity index (χ2n) is 4.56. The van der Waals surface area contributed by atoms with Crippen molar-refractivity contribution in [3.8, 4) is 0 Å². The molecule has 0 unspecified atom stereocenters. The molecule has 0 radical (unpaired) electrons. The Morgan fingerprint density at radius 3 is 2.58 bits per heavy atom. The van der Waals surface area contributed by atoms with Gasteiger partial charge in [-0.25, -0.2) is 9.97 Å². The number of rotatable bonds is 4. The van der Waals surface area contributed by atoms with E-state index >= 15 is 0 Å². The second-order valence-corrected chi connectivity index (χ2v) is 5.62. The monoisotopic (exact) mass is 273 g/mol. The van der Waals surface area contributed by atoms with Crippen molar-refractivity contribution in [3.05, 3.63) is 41.1 Å². The number of aryl methyl sites for hydroxylation is 3. The normalized spacial score (nSPS) is 10.5. The number of hydrogen-bond acceptors (Lipinski definition) is 4. The molecule has 0 spiro atoms. The SMILES string of the molecule is CCNc1ncc(C)c(Sc2ccc(C)c(C)c2)n1. The summed E-state index contributed by atoms with van der Waals surface area (Å²) in [6, 6.07) is 6.50. The number of benzene rings is 1. The van der Waals surface area contributed by atoms with Crippen molar-refractivity contribution in [3.63, 3.8) is 0 Å². The first kappa shape index (κ1) is 13.9. The van der Waals surface area contributed by atoms with Crippen molar-refractivity contribution >= 4 is 17.7 Å². The van der Waals surface area contributed by atoms with E-state index in [1.54, 1.807) is 11.8 Å². The molecule has 1 aromatic heterocycles. The molecular formula is C15H19N3S. The van der Waals surface area contributed by atoms with Gasteiger partial charge in [-0.1, -0.05) is 17.8 Å². The predicted octanol–water partition coefficient (Wildman–Crippen LogP) is 3.98. The standard InChI is InChI=1S/C15H19N3S/c1-5-16-15-17-9-12(4)14(18-15)19-13-7-6-10(2)11(3)8-13/h6-9H,5H2,1-4H3,(H,16,17,18). The fourth-order valence-corrected chi connectivity index (χ4v) is 2.60. The van der Waals surface area contributed by atoms with Crippen LogP contribution >= 0.6 is 11.8 Å². The zero-order valence-corrected chi connectivity index (χ0v) is 12.6. The van der Waals surface area contributed by atoms with Crippen molar-refractivity contribution in [1.29, 1.82) is 0 Å².